The van der Waals surface area contributed by atoms with E-state index < -0.39 is 0 Å². The van der Waals surface area contributed by atoms with Gasteiger partial charge < -0.3 is 27.9 Å². The number of anilines is 4. The van der Waals surface area contributed by atoms with Crippen LogP contribution in [0.15, 0.2) is 55.1 Å². The minimum Gasteiger partial charge on any atom is -0.398 e. The Labute approximate surface area is 179 Å². The van der Waals surface area contributed by atoms with Crippen molar-refractivity contribution in [2.75, 3.05) is 22.5 Å². The van der Waals surface area contributed by atoms with Gasteiger partial charge in [-0.05, 0) is 55.0 Å². The quantitative estimate of drug-likeness (QED) is 0.221. The number of carbonyl (C=O) groups is 1. The molecule has 2 aromatic carbocycles. The summed E-state index contributed by atoms with van der Waals surface area (Å²) in [6.07, 6.45) is 6.76. The molecule has 0 saturated heterocycles. The number of nitrogens with two attached hydrogens (primary N) is 3. The zero-order valence-electron chi connectivity index (χ0n) is 16.5. The van der Waals surface area contributed by atoms with E-state index in [0.717, 1.165) is 20.9 Å². The highest BCUT2D eigenvalue weighted by Gasteiger charge is 2.15. The van der Waals surface area contributed by atoms with E-state index in [9.17, 15) is 4.79 Å². The van der Waals surface area contributed by atoms with Crippen LogP contribution in [0.5, 0.6) is 0 Å². The molecule has 152 valence electrons. The fraction of sp³-hybridized carbons (Fsp3) is 0.0435. The summed E-state index contributed by atoms with van der Waals surface area (Å²) >= 11 is 1.58. The Balaban J connectivity index is 2.00. The number of hydrogen-bond acceptors (Lipinski definition) is 6. The molecule has 0 radical (unpaired) electrons. The molecule has 0 bridgehead atoms. The molecule has 1 heterocycles. The SMILES string of the molecule is C=C/C=C\c1sc(-c2cc(NC(=O)c3ccc(N)c(N)c3)cc(C=N)c2N)cc1C. The third-order valence-corrected chi connectivity index (χ3v) is 5.82. The van der Waals surface area contributed by atoms with Crippen LogP contribution in [0.1, 0.15) is 26.4 Å². The van der Waals surface area contributed by atoms with Crippen molar-refractivity contribution in [2.45, 2.75) is 6.92 Å². The van der Waals surface area contributed by atoms with Crippen molar-refractivity contribution in [3.63, 3.8) is 0 Å². The van der Waals surface area contributed by atoms with Gasteiger partial charge in [-0.15, -0.1) is 11.3 Å². The van der Waals surface area contributed by atoms with Crippen LogP contribution < -0.4 is 22.5 Å². The van der Waals surface area contributed by atoms with Crippen LogP contribution >= 0.6 is 11.3 Å². The molecule has 0 atom stereocenters. The first kappa shape index (κ1) is 20.9. The van der Waals surface area contributed by atoms with E-state index in [1.807, 2.05) is 31.2 Å². The van der Waals surface area contributed by atoms with E-state index in [-0.39, 0.29) is 5.91 Å². The van der Waals surface area contributed by atoms with Crippen molar-refractivity contribution < 1.29 is 4.79 Å². The number of hydrogen-bond donors (Lipinski definition) is 5. The molecule has 0 spiro atoms. The second-order valence-electron chi connectivity index (χ2n) is 6.72. The van der Waals surface area contributed by atoms with E-state index in [0.29, 0.717) is 33.9 Å². The van der Waals surface area contributed by atoms with Crippen LogP contribution in [0.2, 0.25) is 0 Å². The van der Waals surface area contributed by atoms with Crippen molar-refractivity contribution in [2.24, 2.45) is 0 Å². The lowest BCUT2D eigenvalue weighted by Crippen LogP contribution is -2.13. The van der Waals surface area contributed by atoms with Gasteiger partial charge in [-0.3, -0.25) is 4.79 Å². The monoisotopic (exact) mass is 417 g/mol. The number of amides is 1. The number of carbonyl (C=O) groups excluding carboxylic acids is 1. The molecule has 8 N–H and O–H groups in total. The highest BCUT2D eigenvalue weighted by Crippen LogP contribution is 2.38. The normalized spacial score (nSPS) is 10.8. The maximum absolute atomic E-state index is 12.7. The lowest BCUT2D eigenvalue weighted by molar-refractivity contribution is 0.102. The standard InChI is InChI=1S/C23H23N5OS/c1-3-4-5-20-13(2)8-21(30-20)17-11-16(9-15(12-24)22(17)27)28-23(29)14-6-7-18(25)19(26)10-14/h3-12,24H,1,25-27H2,2H3,(H,28,29)/b5-4-,24-12?. The molecule has 3 rings (SSSR count). The maximum atomic E-state index is 12.7. The Hall–Kier alpha value is -3.84. The number of aryl methyl sites for hydroxylation is 1. The number of rotatable bonds is 6. The summed E-state index contributed by atoms with van der Waals surface area (Å²) in [7, 11) is 0. The lowest BCUT2D eigenvalue weighted by atomic mass is 10.0. The molecule has 0 aliphatic heterocycles. The van der Waals surface area contributed by atoms with E-state index in [4.69, 9.17) is 22.6 Å². The van der Waals surface area contributed by atoms with E-state index in [1.165, 1.54) is 12.3 Å². The van der Waals surface area contributed by atoms with Crippen LogP contribution in [0.4, 0.5) is 22.7 Å². The fourth-order valence-corrected chi connectivity index (χ4v) is 4.06. The number of nitrogen functional groups attached to an aromatic ring is 3. The highest BCUT2D eigenvalue weighted by atomic mass is 32.1. The molecule has 3 aromatic rings. The smallest absolute Gasteiger partial charge is 0.255 e. The molecule has 30 heavy (non-hydrogen) atoms. The first-order chi connectivity index (χ1) is 14.3. The van der Waals surface area contributed by atoms with Crippen molar-refractivity contribution >= 4 is 52.3 Å². The number of nitrogens with one attached hydrogen (secondary N) is 2. The molecule has 7 heteroatoms. The first-order valence-electron chi connectivity index (χ1n) is 9.14. The van der Waals surface area contributed by atoms with Crippen LogP contribution in [0.3, 0.4) is 0 Å². The second kappa shape index (κ2) is 8.67. The third-order valence-electron chi connectivity index (χ3n) is 4.58. The molecular weight excluding hydrogens is 394 g/mol. The van der Waals surface area contributed by atoms with E-state index in [1.54, 1.807) is 35.6 Å². The summed E-state index contributed by atoms with van der Waals surface area (Å²) in [5, 5.41) is 10.6. The summed E-state index contributed by atoms with van der Waals surface area (Å²) in [6.45, 7) is 5.72. The second-order valence-corrected chi connectivity index (χ2v) is 7.81. The Morgan fingerprint density at radius 1 is 1.13 bits per heavy atom. The summed E-state index contributed by atoms with van der Waals surface area (Å²) in [5.41, 5.74) is 22.4. The molecule has 0 aliphatic carbocycles. The van der Waals surface area contributed by atoms with Crippen LogP contribution in [0.25, 0.3) is 16.5 Å². The van der Waals surface area contributed by atoms with Crippen LogP contribution in [0, 0.1) is 12.3 Å². The zero-order chi connectivity index (χ0) is 21.8. The average Bonchev–Trinajstić information content (AvgIpc) is 3.09. The van der Waals surface area contributed by atoms with Gasteiger partial charge in [-0.1, -0.05) is 18.7 Å². The Morgan fingerprint density at radius 3 is 2.57 bits per heavy atom. The summed E-state index contributed by atoms with van der Waals surface area (Å²) in [5.74, 6) is -0.328. The molecule has 1 aromatic heterocycles. The maximum Gasteiger partial charge on any atom is 0.255 e. The third kappa shape index (κ3) is 4.26. The molecular formula is C23H23N5OS. The molecule has 0 saturated carbocycles. The Kier molecular flexibility index (Phi) is 6.03. The average molecular weight is 418 g/mol. The fourth-order valence-electron chi connectivity index (χ4n) is 2.94. The van der Waals surface area contributed by atoms with Gasteiger partial charge in [0.1, 0.15) is 0 Å². The van der Waals surface area contributed by atoms with Gasteiger partial charge in [-0.2, -0.15) is 0 Å². The summed E-state index contributed by atoms with van der Waals surface area (Å²) < 4.78 is 0. The molecule has 0 unspecified atom stereocenters. The van der Waals surface area contributed by atoms with Gasteiger partial charge in [0.15, 0.2) is 0 Å². The number of allylic oxidation sites excluding steroid dienone is 2. The number of benzene rings is 2. The minimum atomic E-state index is -0.328. The van der Waals surface area contributed by atoms with Crippen molar-refractivity contribution in [3.05, 3.63) is 76.7 Å². The molecule has 1 amide bonds. The highest BCUT2D eigenvalue weighted by molar-refractivity contribution is 7.16. The van der Waals surface area contributed by atoms with Gasteiger partial charge in [0.2, 0.25) is 0 Å². The van der Waals surface area contributed by atoms with E-state index in [2.05, 4.69) is 11.9 Å². The Bertz CT molecular complexity index is 1180. The largest absolute Gasteiger partial charge is 0.398 e. The van der Waals surface area contributed by atoms with Gasteiger partial charge in [0, 0.05) is 44.0 Å². The zero-order valence-corrected chi connectivity index (χ0v) is 17.3. The van der Waals surface area contributed by atoms with E-state index >= 15 is 0 Å². The van der Waals surface area contributed by atoms with Crippen LogP contribution in [-0.2, 0) is 0 Å². The number of thiophene rings is 1. The Morgan fingerprint density at radius 2 is 1.90 bits per heavy atom. The summed E-state index contributed by atoms with van der Waals surface area (Å²) in [6, 6.07) is 10.3. The molecule has 0 aliphatic rings. The summed E-state index contributed by atoms with van der Waals surface area (Å²) in [4.78, 5) is 14.7. The lowest BCUT2D eigenvalue weighted by Gasteiger charge is -2.12. The van der Waals surface area contributed by atoms with Crippen molar-refractivity contribution in [1.82, 2.24) is 0 Å². The van der Waals surface area contributed by atoms with Crippen LogP contribution in [-0.4, -0.2) is 12.1 Å². The molecule has 6 nitrogen and oxygen atoms in total. The first-order valence-corrected chi connectivity index (χ1v) is 9.96. The minimum absolute atomic E-state index is 0.328. The predicted octanol–water partition coefficient (Wildman–Crippen LogP) is 4.92. The van der Waals surface area contributed by atoms with Gasteiger partial charge in [0.05, 0.1) is 11.4 Å². The van der Waals surface area contributed by atoms with Crippen molar-refractivity contribution in [3.8, 4) is 10.4 Å². The predicted molar refractivity (Wildman–Crippen MR) is 129 cm³/mol. The molecule has 0 fully saturated rings. The van der Waals surface area contributed by atoms with Gasteiger partial charge >= 0.3 is 0 Å². The van der Waals surface area contributed by atoms with Gasteiger partial charge in [0.25, 0.3) is 5.91 Å². The topological polar surface area (TPSA) is 131 Å². The van der Waals surface area contributed by atoms with Crippen molar-refractivity contribution in [1.29, 1.82) is 5.41 Å². The van der Waals surface area contributed by atoms with Gasteiger partial charge in [-0.25, -0.2) is 0 Å².